The maximum atomic E-state index is 14.4. The number of pyridine rings is 1. The van der Waals surface area contributed by atoms with Gasteiger partial charge in [0.15, 0.2) is 5.82 Å². The monoisotopic (exact) mass is 688 g/mol. The summed E-state index contributed by atoms with van der Waals surface area (Å²) in [5, 5.41) is 7.67. The first kappa shape index (κ1) is 32.9. The Morgan fingerprint density at radius 3 is 2.71 bits per heavy atom. The summed E-state index contributed by atoms with van der Waals surface area (Å²) in [5.41, 5.74) is 0.0747. The minimum Gasteiger partial charge on any atom is -0.471 e. The van der Waals surface area contributed by atoms with Crippen LogP contribution in [-0.2, 0) is 23.9 Å². The lowest BCUT2D eigenvalue weighted by atomic mass is 9.96. The number of esters is 1. The summed E-state index contributed by atoms with van der Waals surface area (Å²) in [6.07, 6.45) is 11.0. The molecule has 3 fully saturated rings. The maximum Gasteiger partial charge on any atom is 0.408 e. The molecule has 14 heteroatoms. The second-order valence-corrected chi connectivity index (χ2v) is 14.1. The van der Waals surface area contributed by atoms with E-state index in [0.29, 0.717) is 42.2 Å². The molecule has 3 amide bonds. The summed E-state index contributed by atoms with van der Waals surface area (Å²) in [7, 11) is 1.30. The number of thiophene rings is 1. The molecule has 13 nitrogen and oxygen atoms in total. The minimum absolute atomic E-state index is 0.0666. The number of fused-ring (bicyclic) bond motifs is 3. The summed E-state index contributed by atoms with van der Waals surface area (Å²) in [6, 6.07) is 5.48. The number of alkyl carbamates (subject to hydrolysis) is 1. The number of ether oxygens (including phenoxy) is 3. The Morgan fingerprint density at radius 2 is 1.94 bits per heavy atom. The van der Waals surface area contributed by atoms with Gasteiger partial charge in [-0.1, -0.05) is 31.1 Å². The number of allylic oxidation sites excluding steroid dienone is 1. The Bertz CT molecular complexity index is 1750. The molecule has 5 atom stereocenters. The van der Waals surface area contributed by atoms with Crippen LogP contribution in [0.15, 0.2) is 48.0 Å². The number of carbonyl (C=O) groups excluding carboxylic acids is 4. The van der Waals surface area contributed by atoms with Crippen LogP contribution >= 0.6 is 11.3 Å². The lowest BCUT2D eigenvalue weighted by Crippen LogP contribution is -2.56. The third-order valence-electron chi connectivity index (χ3n) is 9.85. The van der Waals surface area contributed by atoms with Crippen LogP contribution in [0, 0.1) is 5.92 Å². The van der Waals surface area contributed by atoms with E-state index in [4.69, 9.17) is 19.2 Å². The van der Waals surface area contributed by atoms with Crippen LogP contribution in [0.3, 0.4) is 0 Å². The van der Waals surface area contributed by atoms with Gasteiger partial charge in [0.2, 0.25) is 17.7 Å². The molecular formula is C35H40N6O7S. The molecule has 0 radical (unpaired) electrons. The highest BCUT2D eigenvalue weighted by Crippen LogP contribution is 2.46. The summed E-state index contributed by atoms with van der Waals surface area (Å²) in [6.45, 7) is 0.0666. The van der Waals surface area contributed by atoms with Gasteiger partial charge >= 0.3 is 12.1 Å². The van der Waals surface area contributed by atoms with Crippen molar-refractivity contribution in [3.8, 4) is 17.4 Å². The first-order valence-electron chi connectivity index (χ1n) is 17.0. The van der Waals surface area contributed by atoms with E-state index in [0.717, 1.165) is 43.2 Å². The van der Waals surface area contributed by atoms with Crippen molar-refractivity contribution < 1.29 is 33.4 Å². The van der Waals surface area contributed by atoms with Gasteiger partial charge in [0.25, 0.3) is 0 Å². The molecule has 49 heavy (non-hydrogen) atoms. The van der Waals surface area contributed by atoms with Gasteiger partial charge in [-0.2, -0.15) is 4.98 Å². The van der Waals surface area contributed by atoms with Crippen molar-refractivity contribution in [2.45, 2.75) is 94.0 Å². The van der Waals surface area contributed by atoms with Crippen LogP contribution in [0.5, 0.6) is 5.88 Å². The fraction of sp³-hybridized carbons (Fsp3) is 0.514. The molecule has 4 aliphatic rings. The van der Waals surface area contributed by atoms with Crippen molar-refractivity contribution in [1.29, 1.82) is 0 Å². The first-order valence-corrected chi connectivity index (χ1v) is 17.9. The summed E-state index contributed by atoms with van der Waals surface area (Å²) in [4.78, 5) is 69.7. The topological polar surface area (TPSA) is 162 Å². The first-order chi connectivity index (χ1) is 23.8. The van der Waals surface area contributed by atoms with Crippen molar-refractivity contribution in [3.05, 3.63) is 48.0 Å². The fourth-order valence-corrected chi connectivity index (χ4v) is 7.58. The number of hydrogen-bond acceptors (Lipinski definition) is 11. The van der Waals surface area contributed by atoms with E-state index < -0.39 is 47.6 Å². The van der Waals surface area contributed by atoms with Crippen LogP contribution < -0.4 is 15.4 Å². The molecule has 0 aromatic carbocycles. The number of nitrogens with one attached hydrogen (secondary N) is 2. The predicted octanol–water partition coefficient (Wildman–Crippen LogP) is 4.32. The SMILES string of the molecule is COC(=O)[C@@]12C[C@H]1/C=C\CCCCC[C@H](NC(=O)OC1CCC1)C(=O)N1C[C@H](Oc3nc(-c4ccccn4)nc4ccsc34)C[C@H]1C(=O)N2. The third-order valence-corrected chi connectivity index (χ3v) is 10.7. The maximum absolute atomic E-state index is 14.4. The number of aromatic nitrogens is 3. The Kier molecular flexibility index (Phi) is 9.48. The molecule has 3 aromatic heterocycles. The highest BCUT2D eigenvalue weighted by Gasteiger charge is 2.62. The van der Waals surface area contributed by atoms with Gasteiger partial charge < -0.3 is 29.7 Å². The Labute approximate surface area is 287 Å². The molecule has 2 N–H and O–H groups in total. The second kappa shape index (κ2) is 14.1. The molecule has 3 aromatic rings. The van der Waals surface area contributed by atoms with E-state index in [-0.39, 0.29) is 25.0 Å². The molecule has 2 aliphatic heterocycles. The second-order valence-electron chi connectivity index (χ2n) is 13.2. The molecule has 1 saturated heterocycles. The third kappa shape index (κ3) is 6.96. The zero-order valence-corrected chi connectivity index (χ0v) is 28.2. The Balaban J connectivity index is 1.18. The molecule has 0 spiro atoms. The number of rotatable bonds is 6. The van der Waals surface area contributed by atoms with Crippen LogP contribution in [0.25, 0.3) is 21.7 Å². The van der Waals surface area contributed by atoms with Crippen LogP contribution in [0.4, 0.5) is 4.79 Å². The Morgan fingerprint density at radius 1 is 1.06 bits per heavy atom. The molecule has 0 unspecified atom stereocenters. The van der Waals surface area contributed by atoms with Gasteiger partial charge in [-0.3, -0.25) is 14.6 Å². The average molecular weight is 689 g/mol. The standard InChI is InChI=1S/C35H40N6O7S/c1-46-33(44)35-19-21(35)10-5-3-2-4-6-14-26(38-34(45)48-22-11-9-12-22)32(43)41-20-23(18-27(41)30(42)40-35)47-31-28-24(15-17-49-28)37-29(39-31)25-13-7-8-16-36-25/h5,7-8,10,13,15-17,21-23,26-27H,2-4,6,9,11-12,14,18-20H2,1H3,(H,38,45)(H,40,42)/b10-5-/t21-,23-,26+,27+,35-/m1/s1. The number of methoxy groups -OCH3 is 1. The number of carbonyl (C=O) groups is 4. The smallest absolute Gasteiger partial charge is 0.408 e. The van der Waals surface area contributed by atoms with E-state index in [9.17, 15) is 19.2 Å². The summed E-state index contributed by atoms with van der Waals surface area (Å²) >= 11 is 1.43. The fourth-order valence-electron chi connectivity index (χ4n) is 6.82. The van der Waals surface area contributed by atoms with Crippen molar-refractivity contribution in [1.82, 2.24) is 30.5 Å². The van der Waals surface area contributed by atoms with E-state index >= 15 is 0 Å². The van der Waals surface area contributed by atoms with Crippen LogP contribution in [0.1, 0.15) is 64.2 Å². The Hall–Kier alpha value is -4.59. The van der Waals surface area contributed by atoms with E-state index in [1.165, 1.54) is 23.3 Å². The van der Waals surface area contributed by atoms with Gasteiger partial charge in [0, 0.05) is 18.5 Å². The molecule has 5 heterocycles. The van der Waals surface area contributed by atoms with Gasteiger partial charge in [-0.15, -0.1) is 11.3 Å². The van der Waals surface area contributed by atoms with E-state index in [1.54, 1.807) is 6.20 Å². The molecular weight excluding hydrogens is 648 g/mol. The number of hydrogen-bond donors (Lipinski definition) is 2. The van der Waals surface area contributed by atoms with Crippen molar-refractivity contribution in [3.63, 3.8) is 0 Å². The minimum atomic E-state index is -1.20. The van der Waals surface area contributed by atoms with Gasteiger partial charge in [0.1, 0.15) is 40.2 Å². The molecule has 2 aliphatic carbocycles. The molecule has 7 rings (SSSR count). The van der Waals surface area contributed by atoms with Crippen molar-refractivity contribution in [2.75, 3.05) is 13.7 Å². The number of nitrogens with zero attached hydrogens (tertiary/aromatic N) is 4. The summed E-state index contributed by atoms with van der Waals surface area (Å²) < 4.78 is 17.9. The zero-order valence-electron chi connectivity index (χ0n) is 27.3. The van der Waals surface area contributed by atoms with Gasteiger partial charge in [-0.05, 0) is 68.5 Å². The van der Waals surface area contributed by atoms with Crippen molar-refractivity contribution in [2.24, 2.45) is 5.92 Å². The van der Waals surface area contributed by atoms with Crippen molar-refractivity contribution >= 4 is 45.4 Å². The quantitative estimate of drug-likeness (QED) is 0.282. The lowest BCUT2D eigenvalue weighted by Gasteiger charge is -2.30. The molecule has 0 bridgehead atoms. The molecule has 258 valence electrons. The van der Waals surface area contributed by atoms with Gasteiger partial charge in [0.05, 0.1) is 19.2 Å². The lowest BCUT2D eigenvalue weighted by molar-refractivity contribution is -0.148. The van der Waals surface area contributed by atoms with E-state index in [1.807, 2.05) is 41.8 Å². The zero-order chi connectivity index (χ0) is 34.0. The molecule has 2 saturated carbocycles. The van der Waals surface area contributed by atoms with Crippen LogP contribution in [0.2, 0.25) is 0 Å². The highest BCUT2D eigenvalue weighted by molar-refractivity contribution is 7.17. The van der Waals surface area contributed by atoms with E-state index in [2.05, 4.69) is 20.6 Å². The van der Waals surface area contributed by atoms with Gasteiger partial charge in [-0.25, -0.2) is 14.6 Å². The number of amides is 3. The predicted molar refractivity (Wildman–Crippen MR) is 179 cm³/mol. The average Bonchev–Trinajstić information content (AvgIpc) is 3.37. The highest BCUT2D eigenvalue weighted by atomic mass is 32.1. The normalized spacial score (nSPS) is 28.1. The summed E-state index contributed by atoms with van der Waals surface area (Å²) in [5.74, 6) is -0.888. The van der Waals surface area contributed by atoms with Crippen LogP contribution in [-0.4, -0.2) is 87.2 Å². The largest absolute Gasteiger partial charge is 0.471 e.